The number of hydrogen-bond acceptors (Lipinski definition) is 7. The molecular weight excluding hydrogens is 444 g/mol. The summed E-state index contributed by atoms with van der Waals surface area (Å²) in [6, 6.07) is 7.71. The number of benzene rings is 1. The third kappa shape index (κ3) is 5.15. The second-order valence-electron chi connectivity index (χ2n) is 7.91. The fourth-order valence-corrected chi connectivity index (χ4v) is 4.10. The Morgan fingerprint density at radius 1 is 1.22 bits per heavy atom. The van der Waals surface area contributed by atoms with Gasteiger partial charge in [-0.1, -0.05) is 23.8 Å². The number of aryl methyl sites for hydroxylation is 1. The van der Waals surface area contributed by atoms with Crippen LogP contribution in [0.2, 0.25) is 5.02 Å². The third-order valence-corrected chi connectivity index (χ3v) is 5.63. The summed E-state index contributed by atoms with van der Waals surface area (Å²) >= 11 is 11.7. The van der Waals surface area contributed by atoms with Crippen LogP contribution in [-0.4, -0.2) is 52.6 Å². The number of anilines is 3. The molecule has 1 aliphatic rings. The van der Waals surface area contributed by atoms with Gasteiger partial charge in [0.05, 0.1) is 29.7 Å². The van der Waals surface area contributed by atoms with Crippen LogP contribution in [0.5, 0.6) is 5.88 Å². The monoisotopic (exact) mass is 468 g/mol. The quantitative estimate of drug-likeness (QED) is 0.482. The van der Waals surface area contributed by atoms with Gasteiger partial charge in [-0.2, -0.15) is 0 Å². The number of halogens is 1. The van der Waals surface area contributed by atoms with Crippen LogP contribution in [0.1, 0.15) is 17.5 Å². The number of thiocarbonyl (C=S) groups is 1. The highest BCUT2D eigenvalue weighted by atomic mass is 35.5. The van der Waals surface area contributed by atoms with Crippen molar-refractivity contribution in [3.63, 3.8) is 0 Å². The standard InChI is InChI=1S/C23H25ClN6OS/c1-30(2)8-4-5-14-9-17(13-25-22(14)31-3)27-23-26-12-15-10-20(32)28-19-11-16(24)6-7-18(19)21(15)29-23/h6-7,9,11-13H,4-5,8,10H2,1-3H3,(H,28,32)(H,26,27,29). The first-order valence-electron chi connectivity index (χ1n) is 10.3. The molecule has 0 spiro atoms. The minimum absolute atomic E-state index is 0.490. The van der Waals surface area contributed by atoms with Crippen molar-refractivity contribution in [2.45, 2.75) is 19.3 Å². The molecule has 2 N–H and O–H groups in total. The molecule has 0 amide bonds. The summed E-state index contributed by atoms with van der Waals surface area (Å²) in [4.78, 5) is 16.6. The van der Waals surface area contributed by atoms with Gasteiger partial charge in [-0.25, -0.2) is 15.0 Å². The Hall–Kier alpha value is -2.81. The molecule has 9 heteroatoms. The number of aromatic nitrogens is 3. The fraction of sp³-hybridized carbons (Fsp3) is 0.304. The lowest BCUT2D eigenvalue weighted by Crippen LogP contribution is -2.13. The zero-order valence-corrected chi connectivity index (χ0v) is 19.8. The van der Waals surface area contributed by atoms with Crippen molar-refractivity contribution >= 4 is 46.1 Å². The number of hydrogen-bond donors (Lipinski definition) is 2. The number of methoxy groups -OCH3 is 1. The summed E-state index contributed by atoms with van der Waals surface area (Å²) < 4.78 is 5.44. The van der Waals surface area contributed by atoms with Gasteiger partial charge in [0.2, 0.25) is 11.8 Å². The van der Waals surface area contributed by atoms with Crippen LogP contribution in [0, 0.1) is 0 Å². The summed E-state index contributed by atoms with van der Waals surface area (Å²) in [6.07, 6.45) is 5.99. The topological polar surface area (TPSA) is 75.2 Å². The molecule has 0 aliphatic carbocycles. The zero-order valence-electron chi connectivity index (χ0n) is 18.3. The number of nitrogens with zero attached hydrogens (tertiary/aromatic N) is 4. The molecule has 0 unspecified atom stereocenters. The van der Waals surface area contributed by atoms with E-state index in [4.69, 9.17) is 33.5 Å². The Labute approximate surface area is 198 Å². The maximum Gasteiger partial charge on any atom is 0.227 e. The lowest BCUT2D eigenvalue weighted by molar-refractivity contribution is 0.382. The van der Waals surface area contributed by atoms with Crippen LogP contribution in [0.25, 0.3) is 11.3 Å². The average Bonchev–Trinajstić information content (AvgIpc) is 2.88. The molecule has 0 radical (unpaired) electrons. The highest BCUT2D eigenvalue weighted by Gasteiger charge is 2.20. The first kappa shape index (κ1) is 22.4. The van der Waals surface area contributed by atoms with E-state index in [0.717, 1.165) is 53.1 Å². The number of nitrogens with one attached hydrogen (secondary N) is 2. The molecule has 2 aromatic heterocycles. The first-order valence-corrected chi connectivity index (χ1v) is 11.1. The second kappa shape index (κ2) is 9.77. The first-order chi connectivity index (χ1) is 15.4. The Morgan fingerprint density at radius 3 is 2.84 bits per heavy atom. The predicted molar refractivity (Wildman–Crippen MR) is 133 cm³/mol. The number of rotatable bonds is 7. The van der Waals surface area contributed by atoms with E-state index in [9.17, 15) is 0 Å². The molecule has 32 heavy (non-hydrogen) atoms. The average molecular weight is 469 g/mol. The summed E-state index contributed by atoms with van der Waals surface area (Å²) in [5.41, 5.74) is 5.43. The van der Waals surface area contributed by atoms with Crippen molar-refractivity contribution in [2.24, 2.45) is 0 Å². The van der Waals surface area contributed by atoms with Crippen molar-refractivity contribution in [1.29, 1.82) is 0 Å². The summed E-state index contributed by atoms with van der Waals surface area (Å²) in [5.74, 6) is 1.13. The predicted octanol–water partition coefficient (Wildman–Crippen LogP) is 4.73. The van der Waals surface area contributed by atoms with Gasteiger partial charge in [0.1, 0.15) is 0 Å². The van der Waals surface area contributed by atoms with Gasteiger partial charge in [0, 0.05) is 40.0 Å². The van der Waals surface area contributed by atoms with Gasteiger partial charge in [-0.05, 0) is 57.7 Å². The SMILES string of the molecule is COc1ncc(Nc2ncc3c(n2)-c2ccc(Cl)cc2NC(=S)C3)cc1CCCN(C)C. The second-order valence-corrected chi connectivity index (χ2v) is 8.84. The van der Waals surface area contributed by atoms with E-state index in [0.29, 0.717) is 28.3 Å². The molecule has 0 bridgehead atoms. The molecule has 7 nitrogen and oxygen atoms in total. The van der Waals surface area contributed by atoms with E-state index in [2.05, 4.69) is 39.6 Å². The maximum atomic E-state index is 6.19. The molecule has 1 aromatic carbocycles. The van der Waals surface area contributed by atoms with Crippen molar-refractivity contribution in [2.75, 3.05) is 38.4 Å². The normalized spacial score (nSPS) is 12.6. The van der Waals surface area contributed by atoms with Crippen molar-refractivity contribution in [1.82, 2.24) is 19.9 Å². The highest BCUT2D eigenvalue weighted by Crippen LogP contribution is 2.35. The Balaban J connectivity index is 1.63. The maximum absolute atomic E-state index is 6.19. The van der Waals surface area contributed by atoms with E-state index in [-0.39, 0.29) is 0 Å². The molecule has 0 fully saturated rings. The van der Waals surface area contributed by atoms with Gasteiger partial charge < -0.3 is 20.3 Å². The van der Waals surface area contributed by atoms with Gasteiger partial charge >= 0.3 is 0 Å². The fourth-order valence-electron chi connectivity index (χ4n) is 3.67. The largest absolute Gasteiger partial charge is 0.481 e. The summed E-state index contributed by atoms with van der Waals surface area (Å²) in [5, 5.41) is 7.19. The van der Waals surface area contributed by atoms with Crippen molar-refractivity contribution in [3.05, 3.63) is 52.8 Å². The van der Waals surface area contributed by atoms with E-state index < -0.39 is 0 Å². The third-order valence-electron chi connectivity index (χ3n) is 5.15. The lowest BCUT2D eigenvalue weighted by atomic mass is 10.1. The molecule has 166 valence electrons. The van der Waals surface area contributed by atoms with Gasteiger partial charge in [0.15, 0.2) is 0 Å². The Kier molecular flexibility index (Phi) is 6.83. The molecule has 3 aromatic rings. The zero-order chi connectivity index (χ0) is 22.7. The van der Waals surface area contributed by atoms with Crippen LogP contribution in [-0.2, 0) is 12.8 Å². The Bertz CT molecular complexity index is 1150. The van der Waals surface area contributed by atoms with Crippen LogP contribution in [0.15, 0.2) is 36.7 Å². The van der Waals surface area contributed by atoms with Crippen LogP contribution >= 0.6 is 23.8 Å². The molecule has 1 aliphatic heterocycles. The number of fused-ring (bicyclic) bond motifs is 3. The molecule has 0 saturated carbocycles. The lowest BCUT2D eigenvalue weighted by Gasteiger charge is -2.13. The molecule has 3 heterocycles. The number of ether oxygens (including phenoxy) is 1. The van der Waals surface area contributed by atoms with Gasteiger partial charge in [-0.15, -0.1) is 0 Å². The molecule has 4 rings (SSSR count). The minimum Gasteiger partial charge on any atom is -0.481 e. The van der Waals surface area contributed by atoms with E-state index >= 15 is 0 Å². The van der Waals surface area contributed by atoms with Crippen molar-refractivity contribution in [3.8, 4) is 17.1 Å². The van der Waals surface area contributed by atoms with Crippen LogP contribution in [0.3, 0.4) is 0 Å². The van der Waals surface area contributed by atoms with E-state index in [1.54, 1.807) is 13.3 Å². The van der Waals surface area contributed by atoms with Crippen LogP contribution < -0.4 is 15.4 Å². The highest BCUT2D eigenvalue weighted by molar-refractivity contribution is 7.80. The van der Waals surface area contributed by atoms with Gasteiger partial charge in [-0.3, -0.25) is 0 Å². The molecule has 0 atom stereocenters. The van der Waals surface area contributed by atoms with Crippen molar-refractivity contribution < 1.29 is 4.74 Å². The molecule has 0 saturated heterocycles. The number of pyridine rings is 1. The smallest absolute Gasteiger partial charge is 0.227 e. The Morgan fingerprint density at radius 2 is 2.06 bits per heavy atom. The van der Waals surface area contributed by atoms with Crippen LogP contribution in [0.4, 0.5) is 17.3 Å². The summed E-state index contributed by atoms with van der Waals surface area (Å²) in [7, 11) is 5.78. The molecular formula is C23H25ClN6OS. The summed E-state index contributed by atoms with van der Waals surface area (Å²) in [6.45, 7) is 0.994. The van der Waals surface area contributed by atoms with Gasteiger partial charge in [0.25, 0.3) is 0 Å². The minimum atomic E-state index is 0.490. The van der Waals surface area contributed by atoms with E-state index in [1.165, 1.54) is 0 Å². The van der Waals surface area contributed by atoms with E-state index in [1.807, 2.05) is 30.5 Å².